The summed E-state index contributed by atoms with van der Waals surface area (Å²) in [4.78, 5) is 14.2. The number of hydrogen-bond donors (Lipinski definition) is 3. The van der Waals surface area contributed by atoms with Crippen LogP contribution in [0.5, 0.6) is 0 Å². The fraction of sp³-hybridized carbons (Fsp3) is 0.250. The Labute approximate surface area is 220 Å². The van der Waals surface area contributed by atoms with Gasteiger partial charge in [-0.25, -0.2) is 13.7 Å². The van der Waals surface area contributed by atoms with E-state index in [0.717, 1.165) is 42.9 Å². The molecule has 1 fully saturated rings. The number of halogens is 1. The molecule has 0 saturated carbocycles. The maximum absolute atomic E-state index is 13.5. The van der Waals surface area contributed by atoms with Gasteiger partial charge in [0.25, 0.3) is 0 Å². The summed E-state index contributed by atoms with van der Waals surface area (Å²) in [5.41, 5.74) is 9.88. The summed E-state index contributed by atoms with van der Waals surface area (Å²) in [6.07, 6.45) is 7.49. The van der Waals surface area contributed by atoms with E-state index in [1.54, 1.807) is 49.5 Å². The summed E-state index contributed by atoms with van der Waals surface area (Å²) in [5, 5.41) is 6.45. The number of pyridine rings is 1. The minimum absolute atomic E-state index is 0.0435. The second-order valence-corrected chi connectivity index (χ2v) is 10.3. The first-order valence-electron chi connectivity index (χ1n) is 12.4. The van der Waals surface area contributed by atoms with Gasteiger partial charge in [-0.2, -0.15) is 4.98 Å². The first kappa shape index (κ1) is 25.1. The molecule has 2 aromatic carbocycles. The van der Waals surface area contributed by atoms with Gasteiger partial charge in [-0.1, -0.05) is 6.07 Å². The van der Waals surface area contributed by atoms with E-state index in [4.69, 9.17) is 5.73 Å². The largest absolute Gasteiger partial charge is 0.340 e. The average molecular weight is 516 g/mol. The fourth-order valence-electron chi connectivity index (χ4n) is 4.41. The Morgan fingerprint density at radius 3 is 2.51 bits per heavy atom. The maximum Gasteiger partial charge on any atom is 0.229 e. The van der Waals surface area contributed by atoms with Crippen LogP contribution in [0.3, 0.4) is 0 Å². The van der Waals surface area contributed by atoms with Crippen molar-refractivity contribution in [3.8, 4) is 0 Å². The van der Waals surface area contributed by atoms with Crippen molar-refractivity contribution < 1.29 is 4.39 Å². The minimum Gasteiger partial charge on any atom is -0.340 e. The number of nitrogens with zero attached hydrogens (tertiary/aromatic N) is 4. The third-order valence-corrected chi connectivity index (χ3v) is 7.61. The van der Waals surface area contributed by atoms with Gasteiger partial charge in [0.15, 0.2) is 0 Å². The Bertz CT molecular complexity index is 1310. The summed E-state index contributed by atoms with van der Waals surface area (Å²) < 4.78 is 15.9. The molecule has 0 amide bonds. The number of rotatable bonds is 8. The van der Waals surface area contributed by atoms with Crippen molar-refractivity contribution in [2.75, 3.05) is 23.7 Å². The number of anilines is 4. The Balaban J connectivity index is 1.13. The van der Waals surface area contributed by atoms with E-state index in [9.17, 15) is 4.39 Å². The normalized spacial score (nSPS) is 15.3. The lowest BCUT2D eigenvalue weighted by atomic mass is 9.87. The number of piperidine rings is 1. The number of nitrogens with two attached hydrogens (primary N) is 1. The zero-order chi connectivity index (χ0) is 25.6. The molecule has 9 heteroatoms. The molecule has 7 nitrogen and oxygen atoms in total. The smallest absolute Gasteiger partial charge is 0.229 e. The van der Waals surface area contributed by atoms with Gasteiger partial charge in [0.1, 0.15) is 11.6 Å². The lowest BCUT2D eigenvalue weighted by Crippen LogP contribution is -2.34. The molecule has 1 aliphatic rings. The van der Waals surface area contributed by atoms with Crippen LogP contribution in [0.15, 0.2) is 84.1 Å². The molecule has 4 aromatic rings. The minimum atomic E-state index is -0.230. The van der Waals surface area contributed by atoms with E-state index in [2.05, 4.69) is 48.1 Å². The topological polar surface area (TPSA) is 92.0 Å². The molecule has 0 aliphatic carbocycles. The van der Waals surface area contributed by atoms with Crippen LogP contribution >= 0.6 is 11.9 Å². The van der Waals surface area contributed by atoms with Crippen molar-refractivity contribution in [3.63, 3.8) is 0 Å². The van der Waals surface area contributed by atoms with Crippen molar-refractivity contribution >= 4 is 35.1 Å². The van der Waals surface area contributed by atoms with E-state index >= 15 is 0 Å². The maximum atomic E-state index is 13.5. The molecule has 37 heavy (non-hydrogen) atoms. The van der Waals surface area contributed by atoms with E-state index in [0.29, 0.717) is 23.2 Å². The van der Waals surface area contributed by atoms with Gasteiger partial charge in [-0.3, -0.25) is 4.98 Å². The summed E-state index contributed by atoms with van der Waals surface area (Å²) in [5.74, 6) is 1.36. The standard InChI is InChI=1S/C28H30FN7S/c1-19-17-23(6-9-25(19)29)33-26-10-14-32-28(35-26)34-22-4-7-24(8-5-22)37-36-15-11-20(12-16-36)27(30)21-3-2-13-31-18-21/h2-10,13-14,17-18,20,27H,11-12,15-16,30H2,1H3,(H2,32,33,34,35). The first-order valence-corrected chi connectivity index (χ1v) is 13.1. The summed E-state index contributed by atoms with van der Waals surface area (Å²) in [6.45, 7) is 3.74. The third-order valence-electron chi connectivity index (χ3n) is 6.51. The molecule has 0 bridgehead atoms. The van der Waals surface area contributed by atoms with E-state index in [-0.39, 0.29) is 11.9 Å². The second kappa shape index (κ2) is 11.7. The second-order valence-electron chi connectivity index (χ2n) is 9.17. The number of benzene rings is 2. The van der Waals surface area contributed by atoms with E-state index in [1.165, 1.54) is 11.0 Å². The predicted molar refractivity (Wildman–Crippen MR) is 147 cm³/mol. The van der Waals surface area contributed by atoms with Crippen LogP contribution in [0, 0.1) is 18.7 Å². The van der Waals surface area contributed by atoms with Crippen LogP contribution in [0.2, 0.25) is 0 Å². The summed E-state index contributed by atoms with van der Waals surface area (Å²) in [7, 11) is 0. The zero-order valence-corrected chi connectivity index (χ0v) is 21.5. The van der Waals surface area contributed by atoms with Crippen molar-refractivity contribution in [1.82, 2.24) is 19.3 Å². The molecule has 0 spiro atoms. The first-order chi connectivity index (χ1) is 18.0. The third kappa shape index (κ3) is 6.62. The van der Waals surface area contributed by atoms with Crippen LogP contribution in [-0.4, -0.2) is 32.3 Å². The molecular formula is C28H30FN7S. The molecule has 1 unspecified atom stereocenters. The van der Waals surface area contributed by atoms with Gasteiger partial charge >= 0.3 is 0 Å². The average Bonchev–Trinajstić information content (AvgIpc) is 2.93. The van der Waals surface area contributed by atoms with E-state index in [1.807, 2.05) is 24.4 Å². The van der Waals surface area contributed by atoms with Gasteiger partial charge in [0.2, 0.25) is 5.95 Å². The predicted octanol–water partition coefficient (Wildman–Crippen LogP) is 6.23. The molecule has 4 N–H and O–H groups in total. The number of nitrogens with one attached hydrogen (secondary N) is 2. The van der Waals surface area contributed by atoms with Gasteiger partial charge in [0, 0.05) is 54.0 Å². The Hall–Kier alpha value is -3.53. The van der Waals surface area contributed by atoms with Crippen LogP contribution in [-0.2, 0) is 0 Å². The number of hydrogen-bond acceptors (Lipinski definition) is 8. The lowest BCUT2D eigenvalue weighted by Gasteiger charge is -2.34. The molecule has 0 radical (unpaired) electrons. The number of aryl methyl sites for hydroxylation is 1. The Kier molecular flexibility index (Phi) is 7.93. The summed E-state index contributed by atoms with van der Waals surface area (Å²) in [6, 6.07) is 19.0. The van der Waals surface area contributed by atoms with Gasteiger partial charge in [0.05, 0.1) is 0 Å². The van der Waals surface area contributed by atoms with Crippen LogP contribution in [0.25, 0.3) is 0 Å². The van der Waals surface area contributed by atoms with Crippen molar-refractivity contribution in [2.45, 2.75) is 30.7 Å². The molecule has 3 heterocycles. The highest BCUT2D eigenvalue weighted by atomic mass is 32.2. The van der Waals surface area contributed by atoms with Crippen LogP contribution in [0.1, 0.15) is 30.0 Å². The summed E-state index contributed by atoms with van der Waals surface area (Å²) >= 11 is 1.78. The SMILES string of the molecule is Cc1cc(Nc2ccnc(Nc3ccc(SN4CCC(C(N)c5cccnc5)CC4)cc3)n2)ccc1F. The molecule has 1 saturated heterocycles. The molecular weight excluding hydrogens is 485 g/mol. The monoisotopic (exact) mass is 515 g/mol. The quantitative estimate of drug-likeness (QED) is 0.238. The van der Waals surface area contributed by atoms with Crippen molar-refractivity contribution in [3.05, 3.63) is 96.2 Å². The van der Waals surface area contributed by atoms with E-state index < -0.39 is 0 Å². The van der Waals surface area contributed by atoms with Gasteiger partial charge < -0.3 is 16.4 Å². The number of aromatic nitrogens is 3. The molecule has 1 aliphatic heterocycles. The highest BCUT2D eigenvalue weighted by Gasteiger charge is 2.25. The van der Waals surface area contributed by atoms with Gasteiger partial charge in [-0.05, 0) is 103 Å². The molecule has 190 valence electrons. The molecule has 2 aromatic heterocycles. The van der Waals surface area contributed by atoms with Crippen LogP contribution in [0.4, 0.5) is 27.5 Å². The Morgan fingerprint density at radius 1 is 1.00 bits per heavy atom. The highest BCUT2D eigenvalue weighted by Crippen LogP contribution is 2.33. The van der Waals surface area contributed by atoms with Crippen molar-refractivity contribution in [2.24, 2.45) is 11.7 Å². The van der Waals surface area contributed by atoms with Crippen molar-refractivity contribution in [1.29, 1.82) is 0 Å². The van der Waals surface area contributed by atoms with Gasteiger partial charge in [-0.15, -0.1) is 0 Å². The van der Waals surface area contributed by atoms with Crippen LogP contribution < -0.4 is 16.4 Å². The Morgan fingerprint density at radius 2 is 1.78 bits per heavy atom. The zero-order valence-electron chi connectivity index (χ0n) is 20.6. The molecule has 5 rings (SSSR count). The molecule has 1 atom stereocenters. The highest BCUT2D eigenvalue weighted by molar-refractivity contribution is 7.97. The fourth-order valence-corrected chi connectivity index (χ4v) is 5.36. The lowest BCUT2D eigenvalue weighted by molar-refractivity contribution is 0.258.